The molecule has 3 N–H and O–H groups in total. The highest BCUT2D eigenvalue weighted by molar-refractivity contribution is 6.44. The van der Waals surface area contributed by atoms with Gasteiger partial charge in [-0.15, -0.1) is 24.4 Å². The van der Waals surface area contributed by atoms with Crippen molar-refractivity contribution in [2.75, 3.05) is 11.3 Å². The zero-order chi connectivity index (χ0) is 18.9. The van der Waals surface area contributed by atoms with Crippen LogP contribution in [-0.2, 0) is 5.41 Å². The third kappa shape index (κ3) is 6.47. The molecule has 0 unspecified atom stereocenters. The molecule has 0 heterocycles. The molecule has 0 aromatic heterocycles. The fourth-order valence-electron chi connectivity index (χ4n) is 1.96. The van der Waals surface area contributed by atoms with Gasteiger partial charge < -0.3 is 10.5 Å². The number of terminal acetylenes is 1. The summed E-state index contributed by atoms with van der Waals surface area (Å²) in [5.74, 6) is 0.543. The van der Waals surface area contributed by atoms with Gasteiger partial charge in [0.2, 0.25) is 0 Å². The van der Waals surface area contributed by atoms with Crippen molar-refractivity contribution < 1.29 is 5.11 Å². The topological polar surface area (TPSA) is 68.5 Å². The lowest BCUT2D eigenvalue weighted by molar-refractivity contribution is 0.448. The van der Waals surface area contributed by atoms with Gasteiger partial charge in [-0.25, -0.2) is 0 Å². The summed E-state index contributed by atoms with van der Waals surface area (Å²) in [6.07, 6.45) is 11.4. The number of anilines is 1. The molecule has 0 aliphatic heterocycles. The Morgan fingerprint density at radius 2 is 1.96 bits per heavy atom. The number of nitrogens with zero attached hydrogens (tertiary/aromatic N) is 1. The molecule has 0 radical (unpaired) electrons. The van der Waals surface area contributed by atoms with E-state index in [1.54, 1.807) is 19.1 Å². The Kier molecular flexibility index (Phi) is 8.87. The molecule has 0 aliphatic rings. The minimum absolute atomic E-state index is 0.172. The van der Waals surface area contributed by atoms with Crippen LogP contribution in [0.15, 0.2) is 29.4 Å². The Labute approximate surface area is 150 Å². The number of hydrogen-bond donors (Lipinski definition) is 3. The lowest BCUT2D eigenvalue weighted by Crippen LogP contribution is -2.13. The number of benzene rings is 1. The first-order valence-electron chi connectivity index (χ1n) is 7.46. The first-order valence-corrected chi connectivity index (χ1v) is 7.99. The smallest absolute Gasteiger partial charge is 0.144 e. The summed E-state index contributed by atoms with van der Waals surface area (Å²) in [6.45, 7) is 9.76. The van der Waals surface area contributed by atoms with Crippen molar-refractivity contribution in [2.24, 2.45) is 5.10 Å². The van der Waals surface area contributed by atoms with E-state index in [0.29, 0.717) is 23.0 Å². The monoisotopic (exact) mass is 347 g/mol. The first kappa shape index (κ1) is 21.8. The second-order valence-corrected chi connectivity index (χ2v) is 6.56. The summed E-state index contributed by atoms with van der Waals surface area (Å²) >= 11 is 5.61. The predicted octanol–water partition coefficient (Wildman–Crippen LogP) is 4.85. The minimum Gasteiger partial charge on any atom is -0.505 e. The molecule has 0 aliphatic carbocycles. The zero-order valence-corrected chi connectivity index (χ0v) is 15.7. The summed E-state index contributed by atoms with van der Waals surface area (Å²) in [5, 5.41) is 22.4. The Balaban J connectivity index is 0.00000254. The average molecular weight is 348 g/mol. The maximum absolute atomic E-state index is 10.5. The largest absolute Gasteiger partial charge is 0.505 e. The van der Waals surface area contributed by atoms with Crippen LogP contribution in [0.25, 0.3) is 0 Å². The predicted molar refractivity (Wildman–Crippen MR) is 106 cm³/mol. The molecule has 24 heavy (non-hydrogen) atoms. The minimum atomic E-state index is -0.172. The number of aryl methyl sites for hydroxylation is 1. The van der Waals surface area contributed by atoms with Crippen LogP contribution in [-0.4, -0.2) is 22.4 Å². The van der Waals surface area contributed by atoms with E-state index in [4.69, 9.17) is 17.0 Å². The van der Waals surface area contributed by atoms with Crippen molar-refractivity contribution >= 4 is 28.7 Å². The van der Waals surface area contributed by atoms with Crippen molar-refractivity contribution in [3.05, 3.63) is 35.4 Å². The van der Waals surface area contributed by atoms with Crippen LogP contribution < -0.4 is 5.43 Å². The number of aromatic hydroxyl groups is 1. The molecule has 0 spiro atoms. The third-order valence-electron chi connectivity index (χ3n) is 3.11. The van der Waals surface area contributed by atoms with E-state index >= 15 is 0 Å². The van der Waals surface area contributed by atoms with Crippen molar-refractivity contribution in [1.29, 1.82) is 5.41 Å². The zero-order valence-electron chi connectivity index (χ0n) is 14.9. The van der Waals surface area contributed by atoms with Gasteiger partial charge in [-0.1, -0.05) is 32.9 Å². The number of phenolic OH excluding ortho intramolecular Hbond substituents is 1. The van der Waals surface area contributed by atoms with Crippen molar-refractivity contribution in [2.45, 2.75) is 40.0 Å². The molecule has 130 valence electrons. The number of hydrogen-bond acceptors (Lipinski definition) is 4. The van der Waals surface area contributed by atoms with E-state index in [2.05, 4.69) is 23.4 Å². The number of rotatable bonds is 5. The van der Waals surface area contributed by atoms with Gasteiger partial charge in [-0.05, 0) is 37.0 Å². The Hall–Kier alpha value is -2.25. The molecule has 0 bridgehead atoms. The SMILES string of the molecule is C#C.CC(=N)C(/C=C\CCl)=N\Nc1cc(C)cc(C(C)(C)C)c1O. The number of nitrogens with one attached hydrogen (secondary N) is 2. The Morgan fingerprint density at radius 3 is 2.42 bits per heavy atom. The number of allylic oxidation sites excluding steroid dienone is 2. The van der Waals surface area contributed by atoms with Crippen molar-refractivity contribution in [3.8, 4) is 18.6 Å². The third-order valence-corrected chi connectivity index (χ3v) is 3.29. The van der Waals surface area contributed by atoms with Gasteiger partial charge in [0.15, 0.2) is 0 Å². The lowest BCUT2D eigenvalue weighted by Gasteiger charge is -2.22. The molecule has 0 atom stereocenters. The summed E-state index contributed by atoms with van der Waals surface area (Å²) in [6, 6.07) is 3.80. The molecule has 0 saturated carbocycles. The van der Waals surface area contributed by atoms with Crippen LogP contribution in [0, 0.1) is 25.2 Å². The van der Waals surface area contributed by atoms with Gasteiger partial charge in [0, 0.05) is 11.4 Å². The standard InChI is InChI=1S/C17H24ClN3O.C2H2/c1-11-9-13(17(3,4)5)16(22)15(10-11)21-20-14(12(2)19)7-6-8-18;1-2/h6-7,9-10,19,21-22H,8H2,1-5H3;1-2H/b7-6-,19-12?,20-14-;. The van der Waals surface area contributed by atoms with E-state index in [9.17, 15) is 5.11 Å². The highest BCUT2D eigenvalue weighted by Gasteiger charge is 2.20. The molecule has 5 heteroatoms. The summed E-state index contributed by atoms with van der Waals surface area (Å²) in [5.41, 5.74) is 5.89. The Bertz CT molecular complexity index is 653. The summed E-state index contributed by atoms with van der Waals surface area (Å²) in [7, 11) is 0. The van der Waals surface area contributed by atoms with E-state index in [0.717, 1.165) is 11.1 Å². The highest BCUT2D eigenvalue weighted by atomic mass is 35.5. The van der Waals surface area contributed by atoms with Gasteiger partial charge in [-0.2, -0.15) is 5.10 Å². The molecular formula is C19H26ClN3O. The number of phenols is 1. The van der Waals surface area contributed by atoms with Gasteiger partial charge in [0.25, 0.3) is 0 Å². The van der Waals surface area contributed by atoms with E-state index < -0.39 is 0 Å². The number of hydrazone groups is 1. The lowest BCUT2D eigenvalue weighted by atomic mass is 9.85. The molecule has 1 aromatic rings. The molecule has 1 aromatic carbocycles. The molecule has 4 nitrogen and oxygen atoms in total. The number of alkyl halides is 1. The molecule has 0 fully saturated rings. The van der Waals surface area contributed by atoms with E-state index in [-0.39, 0.29) is 11.2 Å². The fraction of sp³-hybridized carbons (Fsp3) is 0.368. The second kappa shape index (κ2) is 9.79. The number of halogens is 1. The second-order valence-electron chi connectivity index (χ2n) is 6.25. The average Bonchev–Trinajstić information content (AvgIpc) is 2.50. The van der Waals surface area contributed by atoms with E-state index in [1.165, 1.54) is 0 Å². The summed E-state index contributed by atoms with van der Waals surface area (Å²) < 4.78 is 0. The maximum Gasteiger partial charge on any atom is 0.144 e. The van der Waals surface area contributed by atoms with Crippen LogP contribution in [0.3, 0.4) is 0 Å². The van der Waals surface area contributed by atoms with Crippen LogP contribution in [0.4, 0.5) is 5.69 Å². The van der Waals surface area contributed by atoms with Crippen molar-refractivity contribution in [1.82, 2.24) is 0 Å². The van der Waals surface area contributed by atoms with Gasteiger partial charge >= 0.3 is 0 Å². The van der Waals surface area contributed by atoms with Crippen molar-refractivity contribution in [3.63, 3.8) is 0 Å². The van der Waals surface area contributed by atoms with Crippen LogP contribution in [0.1, 0.15) is 38.8 Å². The first-order chi connectivity index (χ1) is 11.2. The van der Waals surface area contributed by atoms with Crippen LogP contribution >= 0.6 is 11.6 Å². The molecular weight excluding hydrogens is 322 g/mol. The summed E-state index contributed by atoms with van der Waals surface area (Å²) in [4.78, 5) is 0. The van der Waals surface area contributed by atoms with E-state index in [1.807, 2.05) is 39.8 Å². The van der Waals surface area contributed by atoms with Gasteiger partial charge in [0.1, 0.15) is 11.5 Å². The van der Waals surface area contributed by atoms with Gasteiger partial charge in [0.05, 0.1) is 11.4 Å². The van der Waals surface area contributed by atoms with Crippen LogP contribution in [0.2, 0.25) is 0 Å². The molecule has 0 saturated heterocycles. The fourth-order valence-corrected chi connectivity index (χ4v) is 2.05. The molecule has 0 amide bonds. The maximum atomic E-state index is 10.5. The quantitative estimate of drug-likeness (QED) is 0.234. The van der Waals surface area contributed by atoms with Gasteiger partial charge in [-0.3, -0.25) is 5.43 Å². The van der Waals surface area contributed by atoms with Crippen LogP contribution in [0.5, 0.6) is 5.75 Å². The Morgan fingerprint density at radius 1 is 1.38 bits per heavy atom. The normalized spacial score (nSPS) is 11.8. The highest BCUT2D eigenvalue weighted by Crippen LogP contribution is 2.37. The molecule has 1 rings (SSSR count).